The quantitative estimate of drug-likeness (QED) is 0.0197. The van der Waals surface area contributed by atoms with Crippen LogP contribution in [-0.2, 0) is 32.7 Å². The molecule has 0 aromatic heterocycles. The van der Waals surface area contributed by atoms with Crippen molar-refractivity contribution in [3.63, 3.8) is 0 Å². The van der Waals surface area contributed by atoms with Crippen molar-refractivity contribution in [2.45, 2.75) is 213 Å². The molecule has 0 amide bonds. The van der Waals surface area contributed by atoms with Crippen LogP contribution in [0.25, 0.3) is 0 Å². The zero-order chi connectivity index (χ0) is 41.4. The number of carbonyl (C=O) groups is 2. The Morgan fingerprint density at radius 1 is 0.536 bits per heavy atom. The molecule has 0 aliphatic carbocycles. The summed E-state index contributed by atoms with van der Waals surface area (Å²) in [4.78, 5) is 37.6. The van der Waals surface area contributed by atoms with Gasteiger partial charge in [0.2, 0.25) is 0 Å². The maximum atomic E-state index is 12.7. The van der Waals surface area contributed by atoms with Gasteiger partial charge in [-0.2, -0.15) is 0 Å². The van der Waals surface area contributed by atoms with Crippen molar-refractivity contribution in [2.75, 3.05) is 47.5 Å². The Morgan fingerprint density at radius 2 is 0.911 bits per heavy atom. The van der Waals surface area contributed by atoms with Crippen LogP contribution in [0.3, 0.4) is 0 Å². The third-order valence-corrected chi connectivity index (χ3v) is 10.9. The molecule has 0 heterocycles. The standard InChI is InChI=1S/C46H88NO8P/c1-6-8-10-12-14-16-18-20-22-23-25-27-29-31-33-35-37-39-46(49)55-44(43-54-56(50,51)53-41-40-47(3,4)5)42-52-45(48)38-36-34-32-30-28-26-24-21-19-17-15-13-11-9-7-2/h20-22,24,44H,6-19,23,25-43H2,1-5H3/b22-20+,24-21+/t44-/m1/s1. The number of nitrogens with zero attached hydrogens (tertiary/aromatic N) is 1. The molecule has 0 aromatic carbocycles. The summed E-state index contributed by atoms with van der Waals surface area (Å²) in [6.45, 7) is 4.22. The summed E-state index contributed by atoms with van der Waals surface area (Å²) in [5, 5.41) is 0. The van der Waals surface area contributed by atoms with Gasteiger partial charge in [0, 0.05) is 12.8 Å². The predicted molar refractivity (Wildman–Crippen MR) is 231 cm³/mol. The first-order valence-corrected chi connectivity index (χ1v) is 24.5. The minimum atomic E-state index is -4.63. The van der Waals surface area contributed by atoms with Gasteiger partial charge in [-0.15, -0.1) is 0 Å². The predicted octanol–water partition coefficient (Wildman–Crippen LogP) is 12.5. The number of unbranched alkanes of at least 4 members (excludes halogenated alkanes) is 24. The van der Waals surface area contributed by atoms with E-state index in [9.17, 15) is 19.0 Å². The molecule has 1 unspecified atom stereocenters. The van der Waals surface area contributed by atoms with Crippen LogP contribution in [0, 0.1) is 0 Å². The third-order valence-electron chi connectivity index (χ3n) is 9.94. The molecule has 10 heteroatoms. The number of phosphoric acid groups is 1. The number of likely N-dealkylation sites (N-methyl/N-ethyl adjacent to an activating group) is 1. The number of hydrogen-bond acceptors (Lipinski definition) is 8. The average Bonchev–Trinajstić information content (AvgIpc) is 3.15. The fraction of sp³-hybridized carbons (Fsp3) is 0.870. The van der Waals surface area contributed by atoms with Gasteiger partial charge in [-0.05, 0) is 64.2 Å². The Labute approximate surface area is 345 Å². The van der Waals surface area contributed by atoms with Crippen LogP contribution in [0.4, 0.5) is 0 Å². The Morgan fingerprint density at radius 3 is 1.32 bits per heavy atom. The fourth-order valence-corrected chi connectivity index (χ4v) is 7.02. The highest BCUT2D eigenvalue weighted by Crippen LogP contribution is 2.38. The third kappa shape index (κ3) is 42.1. The van der Waals surface area contributed by atoms with E-state index in [0.29, 0.717) is 17.4 Å². The lowest BCUT2D eigenvalue weighted by Crippen LogP contribution is -2.37. The van der Waals surface area contributed by atoms with Gasteiger partial charge in [0.25, 0.3) is 7.82 Å². The first-order valence-electron chi connectivity index (χ1n) is 23.0. The van der Waals surface area contributed by atoms with E-state index in [-0.39, 0.29) is 26.1 Å². The number of phosphoric ester groups is 1. The minimum Gasteiger partial charge on any atom is -0.756 e. The van der Waals surface area contributed by atoms with Crippen LogP contribution >= 0.6 is 7.82 Å². The van der Waals surface area contributed by atoms with Crippen LogP contribution < -0.4 is 4.89 Å². The van der Waals surface area contributed by atoms with Gasteiger partial charge in [0.05, 0.1) is 27.7 Å². The molecule has 0 saturated heterocycles. The van der Waals surface area contributed by atoms with E-state index in [4.69, 9.17) is 18.5 Å². The van der Waals surface area contributed by atoms with E-state index < -0.39 is 32.5 Å². The molecule has 0 radical (unpaired) electrons. The monoisotopic (exact) mass is 814 g/mol. The van der Waals surface area contributed by atoms with Crippen LogP contribution in [0.15, 0.2) is 24.3 Å². The number of esters is 2. The lowest BCUT2D eigenvalue weighted by molar-refractivity contribution is -0.870. The average molecular weight is 814 g/mol. The first-order chi connectivity index (χ1) is 27.0. The van der Waals surface area contributed by atoms with Crippen molar-refractivity contribution in [2.24, 2.45) is 0 Å². The van der Waals surface area contributed by atoms with Crippen LogP contribution in [0.2, 0.25) is 0 Å². The summed E-state index contributed by atoms with van der Waals surface area (Å²) in [6, 6.07) is 0. The topological polar surface area (TPSA) is 111 Å². The van der Waals surface area contributed by atoms with Gasteiger partial charge in [-0.25, -0.2) is 0 Å². The maximum Gasteiger partial charge on any atom is 0.306 e. The summed E-state index contributed by atoms with van der Waals surface area (Å²) in [5.74, 6) is -0.844. The van der Waals surface area contributed by atoms with Crippen molar-refractivity contribution >= 4 is 19.8 Å². The lowest BCUT2D eigenvalue weighted by Gasteiger charge is -2.28. The second kappa shape index (κ2) is 39.0. The van der Waals surface area contributed by atoms with Gasteiger partial charge in [-0.1, -0.05) is 154 Å². The van der Waals surface area contributed by atoms with Crippen molar-refractivity contribution in [1.29, 1.82) is 0 Å². The molecule has 0 aliphatic rings. The highest BCUT2D eigenvalue weighted by molar-refractivity contribution is 7.45. The summed E-state index contributed by atoms with van der Waals surface area (Å²) in [5.41, 5.74) is 0. The minimum absolute atomic E-state index is 0.0317. The molecule has 0 aliphatic heterocycles. The smallest absolute Gasteiger partial charge is 0.306 e. The first kappa shape index (κ1) is 54.5. The Balaban J connectivity index is 4.34. The van der Waals surface area contributed by atoms with Crippen LogP contribution in [0.1, 0.15) is 206 Å². The number of ether oxygens (including phenoxy) is 2. The van der Waals surface area contributed by atoms with Crippen molar-refractivity contribution in [3.05, 3.63) is 24.3 Å². The largest absolute Gasteiger partial charge is 0.756 e. The molecule has 2 atom stereocenters. The number of hydrogen-bond donors (Lipinski definition) is 0. The molecule has 0 fully saturated rings. The number of carbonyl (C=O) groups excluding carboxylic acids is 2. The van der Waals surface area contributed by atoms with E-state index in [1.54, 1.807) is 0 Å². The molecule has 0 spiro atoms. The highest BCUT2D eigenvalue weighted by Gasteiger charge is 2.21. The van der Waals surface area contributed by atoms with Gasteiger partial charge in [-0.3, -0.25) is 14.2 Å². The fourth-order valence-electron chi connectivity index (χ4n) is 6.29. The van der Waals surface area contributed by atoms with Gasteiger partial charge in [0.1, 0.15) is 19.8 Å². The highest BCUT2D eigenvalue weighted by atomic mass is 31.2. The van der Waals surface area contributed by atoms with Crippen molar-refractivity contribution in [1.82, 2.24) is 0 Å². The van der Waals surface area contributed by atoms with E-state index in [0.717, 1.165) is 64.2 Å². The van der Waals surface area contributed by atoms with E-state index >= 15 is 0 Å². The molecule has 56 heavy (non-hydrogen) atoms. The molecule has 0 aromatic rings. The molecule has 0 rings (SSSR count). The number of quaternary nitrogens is 1. The Kier molecular flexibility index (Phi) is 37.9. The second-order valence-electron chi connectivity index (χ2n) is 16.8. The van der Waals surface area contributed by atoms with Gasteiger partial charge < -0.3 is 27.9 Å². The zero-order valence-electron chi connectivity index (χ0n) is 37.1. The molecule has 0 saturated carbocycles. The van der Waals surface area contributed by atoms with E-state index in [2.05, 4.69) is 38.2 Å². The van der Waals surface area contributed by atoms with Crippen LogP contribution in [-0.4, -0.2) is 70.0 Å². The SMILES string of the molecule is CCCCCCCC/C=C/CCCCCCCCCC(=O)O[C@H](COC(=O)CCCCCCC/C=C/CCCCCCCC)COP(=O)([O-])OCC[N+](C)(C)C. The second-order valence-corrected chi connectivity index (χ2v) is 18.2. The van der Waals surface area contributed by atoms with Crippen molar-refractivity contribution < 1.29 is 42.1 Å². The zero-order valence-corrected chi connectivity index (χ0v) is 38.0. The Hall–Kier alpha value is -1.51. The molecule has 0 N–H and O–H groups in total. The lowest BCUT2D eigenvalue weighted by atomic mass is 10.1. The van der Waals surface area contributed by atoms with Crippen molar-refractivity contribution in [3.8, 4) is 0 Å². The van der Waals surface area contributed by atoms with Crippen LogP contribution in [0.5, 0.6) is 0 Å². The van der Waals surface area contributed by atoms with Gasteiger partial charge >= 0.3 is 11.9 Å². The molecule has 9 nitrogen and oxygen atoms in total. The maximum absolute atomic E-state index is 12.7. The summed E-state index contributed by atoms with van der Waals surface area (Å²) >= 11 is 0. The molecule has 0 bridgehead atoms. The Bertz CT molecular complexity index is 1010. The number of rotatable bonds is 42. The number of allylic oxidation sites excluding steroid dienone is 4. The van der Waals surface area contributed by atoms with E-state index in [1.807, 2.05) is 21.1 Å². The molecular weight excluding hydrogens is 725 g/mol. The summed E-state index contributed by atoms with van der Waals surface area (Å²) < 4.78 is 33.9. The summed E-state index contributed by atoms with van der Waals surface area (Å²) in [6.07, 6.45) is 42.0. The normalized spacial score (nSPS) is 13.8. The molecular formula is C46H88NO8P. The molecule has 330 valence electrons. The summed E-state index contributed by atoms with van der Waals surface area (Å²) in [7, 11) is 1.16. The van der Waals surface area contributed by atoms with Gasteiger partial charge in [0.15, 0.2) is 6.10 Å². The van der Waals surface area contributed by atoms with E-state index in [1.165, 1.54) is 109 Å².